The summed E-state index contributed by atoms with van der Waals surface area (Å²) < 4.78 is 44.4. The van der Waals surface area contributed by atoms with E-state index in [1.165, 1.54) is 11.4 Å². The molecule has 0 fully saturated rings. The molecule has 0 heterocycles. The SMILES string of the molecule is CCOP(=O)(OCC)SCCSCC.O=P(O)(O)OP(=O)(O)O. The average molecular weight is 436 g/mol. The molecule has 0 bridgehead atoms. The predicted molar refractivity (Wildman–Crippen MR) is 91.5 cm³/mol. The maximum absolute atomic E-state index is 11.9. The summed E-state index contributed by atoms with van der Waals surface area (Å²) in [6.07, 6.45) is 0. The molecule has 0 aromatic rings. The highest BCUT2D eigenvalue weighted by atomic mass is 32.7. The zero-order chi connectivity index (χ0) is 18.6. The molecule has 0 aromatic carbocycles. The summed E-state index contributed by atoms with van der Waals surface area (Å²) >= 11 is 3.14. The quantitative estimate of drug-likeness (QED) is 0.277. The van der Waals surface area contributed by atoms with E-state index in [9.17, 15) is 13.7 Å². The van der Waals surface area contributed by atoms with Crippen molar-refractivity contribution in [2.24, 2.45) is 0 Å². The number of phosphoric acid groups is 2. The van der Waals surface area contributed by atoms with E-state index in [0.717, 1.165) is 17.3 Å². The van der Waals surface area contributed by atoms with Gasteiger partial charge in [0.05, 0.1) is 13.2 Å². The molecule has 142 valence electrons. The van der Waals surface area contributed by atoms with Crippen molar-refractivity contribution >= 4 is 45.6 Å². The fourth-order valence-electron chi connectivity index (χ4n) is 0.919. The molecular formula is C8H23O10P3S2. The van der Waals surface area contributed by atoms with Crippen molar-refractivity contribution in [3.63, 3.8) is 0 Å². The van der Waals surface area contributed by atoms with Crippen molar-refractivity contribution in [3.8, 4) is 0 Å². The van der Waals surface area contributed by atoms with Gasteiger partial charge in [-0.05, 0) is 31.0 Å². The third kappa shape index (κ3) is 21.1. The highest BCUT2D eigenvalue weighted by Gasteiger charge is 2.28. The van der Waals surface area contributed by atoms with Gasteiger partial charge in [0.1, 0.15) is 0 Å². The van der Waals surface area contributed by atoms with E-state index in [-0.39, 0.29) is 0 Å². The Bertz CT molecular complexity index is 406. The third-order valence-electron chi connectivity index (χ3n) is 1.47. The van der Waals surface area contributed by atoms with E-state index in [1.807, 2.05) is 25.6 Å². The fraction of sp³-hybridized carbons (Fsp3) is 1.00. The smallest absolute Gasteiger partial charge is 0.302 e. The first kappa shape index (κ1) is 26.3. The molecule has 4 N–H and O–H groups in total. The molecule has 0 atom stereocenters. The van der Waals surface area contributed by atoms with Crippen molar-refractivity contribution in [2.75, 3.05) is 30.5 Å². The third-order valence-corrected chi connectivity index (χ3v) is 8.31. The van der Waals surface area contributed by atoms with Crippen LogP contribution >= 0.6 is 45.6 Å². The van der Waals surface area contributed by atoms with Gasteiger partial charge in [-0.3, -0.25) is 0 Å². The van der Waals surface area contributed by atoms with Crippen LogP contribution in [0.15, 0.2) is 0 Å². The summed E-state index contributed by atoms with van der Waals surface area (Å²) in [5, 5.41) is 0. The van der Waals surface area contributed by atoms with E-state index >= 15 is 0 Å². The molecule has 15 heteroatoms. The Morgan fingerprint density at radius 3 is 1.52 bits per heavy atom. The van der Waals surface area contributed by atoms with E-state index in [4.69, 9.17) is 28.6 Å². The number of hydrogen-bond donors (Lipinski definition) is 4. The fourth-order valence-corrected chi connectivity index (χ4v) is 6.59. The Morgan fingerprint density at radius 1 is 0.826 bits per heavy atom. The van der Waals surface area contributed by atoms with Crippen LogP contribution in [0.5, 0.6) is 0 Å². The van der Waals surface area contributed by atoms with Crippen LogP contribution < -0.4 is 0 Å². The molecule has 0 aliphatic heterocycles. The topological polar surface area (TPSA) is 160 Å². The lowest BCUT2D eigenvalue weighted by Gasteiger charge is -2.15. The van der Waals surface area contributed by atoms with Crippen LogP contribution in [-0.2, 0) is 27.1 Å². The first-order valence-electron chi connectivity index (χ1n) is 6.33. The molecule has 0 saturated heterocycles. The van der Waals surface area contributed by atoms with Gasteiger partial charge in [-0.15, -0.1) is 0 Å². The van der Waals surface area contributed by atoms with Crippen LogP contribution in [0.1, 0.15) is 20.8 Å². The first-order valence-corrected chi connectivity index (χ1v) is 13.7. The molecular weight excluding hydrogens is 413 g/mol. The lowest BCUT2D eigenvalue weighted by atomic mass is 10.9. The minimum atomic E-state index is -5.05. The Labute approximate surface area is 143 Å². The first-order chi connectivity index (χ1) is 10.4. The lowest BCUT2D eigenvalue weighted by Crippen LogP contribution is -1.94. The monoisotopic (exact) mass is 436 g/mol. The maximum atomic E-state index is 11.9. The summed E-state index contributed by atoms with van der Waals surface area (Å²) in [6.45, 7) is 3.78. The van der Waals surface area contributed by atoms with Gasteiger partial charge in [-0.25, -0.2) is 13.7 Å². The molecule has 0 radical (unpaired) electrons. The molecule has 10 nitrogen and oxygen atoms in total. The van der Waals surface area contributed by atoms with Gasteiger partial charge in [0.15, 0.2) is 0 Å². The molecule has 0 amide bonds. The van der Waals surface area contributed by atoms with Crippen molar-refractivity contribution in [1.29, 1.82) is 0 Å². The van der Waals surface area contributed by atoms with Gasteiger partial charge < -0.3 is 28.6 Å². The molecule has 0 aromatic heterocycles. The lowest BCUT2D eigenvalue weighted by molar-refractivity contribution is 0.225. The van der Waals surface area contributed by atoms with Gasteiger partial charge in [-0.2, -0.15) is 16.1 Å². The van der Waals surface area contributed by atoms with E-state index in [2.05, 4.69) is 11.2 Å². The second kappa shape index (κ2) is 13.3. The molecule has 0 spiro atoms. The zero-order valence-corrected chi connectivity index (χ0v) is 17.2. The van der Waals surface area contributed by atoms with Gasteiger partial charge >= 0.3 is 22.4 Å². The van der Waals surface area contributed by atoms with Crippen LogP contribution in [0.2, 0.25) is 0 Å². The Balaban J connectivity index is 0. The summed E-state index contributed by atoms with van der Waals surface area (Å²) in [6, 6.07) is 0. The Morgan fingerprint density at radius 2 is 1.26 bits per heavy atom. The average Bonchev–Trinajstić information content (AvgIpc) is 2.31. The zero-order valence-electron chi connectivity index (χ0n) is 12.9. The highest BCUT2D eigenvalue weighted by Crippen LogP contribution is 2.60. The Hall–Kier alpha value is 1.11. The summed E-state index contributed by atoms with van der Waals surface area (Å²) in [5.41, 5.74) is 0. The van der Waals surface area contributed by atoms with E-state index in [0.29, 0.717) is 13.2 Å². The van der Waals surface area contributed by atoms with Crippen molar-refractivity contribution < 1.29 is 46.6 Å². The van der Waals surface area contributed by atoms with Crippen LogP contribution in [0.3, 0.4) is 0 Å². The highest BCUT2D eigenvalue weighted by molar-refractivity contribution is 8.55. The van der Waals surface area contributed by atoms with Crippen molar-refractivity contribution in [2.45, 2.75) is 20.8 Å². The van der Waals surface area contributed by atoms with Gasteiger partial charge in [0.2, 0.25) is 0 Å². The van der Waals surface area contributed by atoms with E-state index < -0.39 is 22.4 Å². The van der Waals surface area contributed by atoms with E-state index in [1.54, 1.807) is 0 Å². The summed E-state index contributed by atoms with van der Waals surface area (Å²) in [5.74, 6) is 2.90. The number of thioether (sulfide) groups is 1. The standard InChI is InChI=1S/C8H19O3PS2.H4O7P2/c1-4-10-12(9,11-5-2)14-8-7-13-6-3;1-8(2,3)7-9(4,5)6/h4-8H2,1-3H3;(H2,1,2,3)(H2,4,5,6). The minimum Gasteiger partial charge on any atom is -0.302 e. The van der Waals surface area contributed by atoms with Crippen LogP contribution in [-0.4, -0.2) is 50.0 Å². The summed E-state index contributed by atoms with van der Waals surface area (Å²) in [7, 11) is -10.1. The Kier molecular flexibility index (Phi) is 15.3. The van der Waals surface area contributed by atoms with Crippen molar-refractivity contribution in [3.05, 3.63) is 0 Å². The van der Waals surface area contributed by atoms with Crippen LogP contribution in [0, 0.1) is 0 Å². The molecule has 23 heavy (non-hydrogen) atoms. The largest absolute Gasteiger partial charge is 0.478 e. The molecule has 0 unspecified atom stereocenters. The van der Waals surface area contributed by atoms with Crippen LogP contribution in [0.4, 0.5) is 0 Å². The molecule has 0 rings (SSSR count). The van der Waals surface area contributed by atoms with Gasteiger partial charge in [0, 0.05) is 11.5 Å². The van der Waals surface area contributed by atoms with Gasteiger partial charge in [0.25, 0.3) is 0 Å². The van der Waals surface area contributed by atoms with Gasteiger partial charge in [-0.1, -0.05) is 6.92 Å². The number of rotatable bonds is 11. The van der Waals surface area contributed by atoms with Crippen LogP contribution in [0.25, 0.3) is 0 Å². The second-order valence-electron chi connectivity index (χ2n) is 3.38. The maximum Gasteiger partial charge on any atom is 0.478 e. The molecule has 0 saturated carbocycles. The minimum absolute atomic E-state index is 0.436. The van der Waals surface area contributed by atoms with Crippen molar-refractivity contribution in [1.82, 2.24) is 0 Å². The summed E-state index contributed by atoms with van der Waals surface area (Å²) in [4.78, 5) is 31.0. The number of hydrogen-bond acceptors (Lipinski definition) is 8. The molecule has 0 aliphatic carbocycles. The normalized spacial score (nSPS) is 12.7. The second-order valence-corrected chi connectivity index (χ2v) is 11.6. The predicted octanol–water partition coefficient (Wildman–Crippen LogP) is 2.84. The molecule has 0 aliphatic rings.